The third-order valence-electron chi connectivity index (χ3n) is 3.86. The van der Waals surface area contributed by atoms with Crippen molar-refractivity contribution in [3.63, 3.8) is 0 Å². The number of nitrogens with zero attached hydrogens (tertiary/aromatic N) is 6. The second kappa shape index (κ2) is 15.7. The van der Waals surface area contributed by atoms with Gasteiger partial charge in [-0.25, -0.2) is 38.4 Å². The van der Waals surface area contributed by atoms with Gasteiger partial charge in [0.1, 0.15) is 45.6 Å². The molecule has 4 aromatic rings. The van der Waals surface area contributed by atoms with Gasteiger partial charge < -0.3 is 11.1 Å². The highest BCUT2D eigenvalue weighted by Gasteiger charge is 2.11. The molecular formula is C23H15Cl5F2N8. The minimum Gasteiger partial charge on any atom is -0.399 e. The molecule has 4 rings (SSSR count). The molecule has 0 aliphatic rings. The largest absolute Gasteiger partial charge is 0.399 e. The predicted octanol–water partition coefficient (Wildman–Crippen LogP) is 9.25. The van der Waals surface area contributed by atoms with E-state index in [-0.39, 0.29) is 50.1 Å². The summed E-state index contributed by atoms with van der Waals surface area (Å²) < 4.78 is 25.3. The first kappa shape index (κ1) is 32.5. The molecule has 0 radical (unpaired) electrons. The minimum atomic E-state index is -0.520. The van der Waals surface area contributed by atoms with Gasteiger partial charge in [0.25, 0.3) is 11.4 Å². The molecule has 0 bridgehead atoms. The average Bonchev–Trinajstić information content (AvgIpc) is 2.85. The fourth-order valence-electron chi connectivity index (χ4n) is 2.20. The van der Waals surface area contributed by atoms with E-state index in [0.29, 0.717) is 11.4 Å². The van der Waals surface area contributed by atoms with E-state index in [1.807, 2.05) is 0 Å². The van der Waals surface area contributed by atoms with Crippen LogP contribution in [0.5, 0.6) is 0 Å². The SMILES string of the molecule is C.Nc1ccc(F)c(Cl)c1.[C-]#[N+]c1c(Cl)ncnc1Cl.[C-]#[N+]c1c(Cl)ncnc1Nc1ccc(F)c(Cl)c1. The van der Waals surface area contributed by atoms with Crippen LogP contribution in [0.25, 0.3) is 9.69 Å². The zero-order valence-corrected chi connectivity index (χ0v) is 21.8. The Kier molecular flexibility index (Phi) is 13.4. The fourth-order valence-corrected chi connectivity index (χ4v) is 3.14. The molecule has 0 atom stereocenters. The van der Waals surface area contributed by atoms with Gasteiger partial charge in [-0.2, -0.15) is 0 Å². The Bertz CT molecular complexity index is 1470. The number of aromatic nitrogens is 4. The van der Waals surface area contributed by atoms with E-state index in [4.69, 9.17) is 76.9 Å². The van der Waals surface area contributed by atoms with E-state index < -0.39 is 11.6 Å². The number of halogens is 7. The molecule has 2 aromatic carbocycles. The number of nitrogen functional groups attached to an aromatic ring is 1. The first-order valence-electron chi connectivity index (χ1n) is 9.41. The van der Waals surface area contributed by atoms with Gasteiger partial charge in [-0.3, -0.25) is 0 Å². The molecule has 15 heteroatoms. The minimum absolute atomic E-state index is 0. The number of anilines is 3. The maximum Gasteiger partial charge on any atom is 0.264 e. The third kappa shape index (κ3) is 9.42. The molecule has 0 fully saturated rings. The number of benzene rings is 2. The molecule has 3 N–H and O–H groups in total. The smallest absolute Gasteiger partial charge is 0.264 e. The topological polar surface area (TPSA) is 98.3 Å². The summed E-state index contributed by atoms with van der Waals surface area (Å²) in [6, 6.07) is 8.15. The van der Waals surface area contributed by atoms with Crippen molar-refractivity contribution < 1.29 is 8.78 Å². The molecule has 196 valence electrons. The molecule has 8 nitrogen and oxygen atoms in total. The number of nitrogens with one attached hydrogen (secondary N) is 1. The quantitative estimate of drug-likeness (QED) is 0.132. The zero-order valence-electron chi connectivity index (χ0n) is 18.0. The second-order valence-corrected chi connectivity index (χ2v) is 8.21. The van der Waals surface area contributed by atoms with Crippen molar-refractivity contribution in [2.75, 3.05) is 11.1 Å². The van der Waals surface area contributed by atoms with Crippen LogP contribution >= 0.6 is 58.0 Å². The monoisotopic (exact) mass is 616 g/mol. The van der Waals surface area contributed by atoms with Gasteiger partial charge in [0.15, 0.2) is 0 Å². The molecule has 0 aliphatic carbocycles. The molecule has 0 amide bonds. The molecular weight excluding hydrogens is 604 g/mol. The Morgan fingerprint density at radius 3 is 1.63 bits per heavy atom. The van der Waals surface area contributed by atoms with Crippen LogP contribution in [0.2, 0.25) is 25.5 Å². The average molecular weight is 619 g/mol. The van der Waals surface area contributed by atoms with E-state index in [1.54, 1.807) is 0 Å². The van der Waals surface area contributed by atoms with Crippen LogP contribution in [0.4, 0.5) is 37.3 Å². The van der Waals surface area contributed by atoms with Crippen molar-refractivity contribution >= 4 is 86.6 Å². The molecule has 0 saturated carbocycles. The Morgan fingerprint density at radius 1 is 0.711 bits per heavy atom. The van der Waals surface area contributed by atoms with Gasteiger partial charge in [-0.1, -0.05) is 65.4 Å². The van der Waals surface area contributed by atoms with Crippen LogP contribution in [0.15, 0.2) is 49.1 Å². The molecule has 2 heterocycles. The van der Waals surface area contributed by atoms with E-state index in [9.17, 15) is 8.78 Å². The normalized spacial score (nSPS) is 9.29. The van der Waals surface area contributed by atoms with Crippen molar-refractivity contribution in [3.8, 4) is 0 Å². The van der Waals surface area contributed by atoms with Crippen LogP contribution in [-0.2, 0) is 0 Å². The summed E-state index contributed by atoms with van der Waals surface area (Å²) >= 11 is 27.7. The summed E-state index contributed by atoms with van der Waals surface area (Å²) in [7, 11) is 0. The number of nitrogens with two attached hydrogens (primary N) is 1. The van der Waals surface area contributed by atoms with E-state index >= 15 is 0 Å². The van der Waals surface area contributed by atoms with E-state index in [0.717, 1.165) is 0 Å². The van der Waals surface area contributed by atoms with Crippen LogP contribution in [-0.4, -0.2) is 19.9 Å². The van der Waals surface area contributed by atoms with Crippen molar-refractivity contribution in [2.45, 2.75) is 7.43 Å². The lowest BCUT2D eigenvalue weighted by Crippen LogP contribution is -1.95. The third-order valence-corrected chi connectivity index (χ3v) is 5.27. The number of hydrogen-bond donors (Lipinski definition) is 2. The summed E-state index contributed by atoms with van der Waals surface area (Å²) in [6.45, 7) is 13.6. The Hall–Kier alpha value is -3.51. The van der Waals surface area contributed by atoms with Crippen molar-refractivity contribution in [1.29, 1.82) is 0 Å². The van der Waals surface area contributed by atoms with Gasteiger partial charge in [0.2, 0.25) is 0 Å². The standard InChI is InChI=1S/C11H5Cl2FN4.C6H5ClFN.C5HCl2N3.CH4/c1-15-9-10(13)16-5-17-11(9)18-6-2-3-8(14)7(12)4-6;7-5-3-4(9)1-2-6(5)8;1-8-3-4(6)9-2-10-5(3)7;/h2-5H,(H,16,17,18);1-3H,9H2;2H;1H4. The predicted molar refractivity (Wildman–Crippen MR) is 149 cm³/mol. The number of hydrogen-bond acceptors (Lipinski definition) is 6. The summed E-state index contributed by atoms with van der Waals surface area (Å²) in [6.07, 6.45) is 2.43. The molecule has 2 aromatic heterocycles. The Balaban J connectivity index is 0.000000307. The molecule has 38 heavy (non-hydrogen) atoms. The van der Waals surface area contributed by atoms with Crippen LogP contribution < -0.4 is 11.1 Å². The highest BCUT2D eigenvalue weighted by atomic mass is 35.5. The zero-order chi connectivity index (χ0) is 27.5. The van der Waals surface area contributed by atoms with Gasteiger partial charge in [-0.15, -0.1) is 0 Å². The van der Waals surface area contributed by atoms with Gasteiger partial charge in [-0.05, 0) is 36.4 Å². The highest BCUT2D eigenvalue weighted by molar-refractivity contribution is 6.37. The van der Waals surface area contributed by atoms with E-state index in [1.165, 1.54) is 49.1 Å². The summed E-state index contributed by atoms with van der Waals surface area (Å²) in [5.74, 6) is -0.716. The lowest BCUT2D eigenvalue weighted by Gasteiger charge is -2.08. The summed E-state index contributed by atoms with van der Waals surface area (Å²) in [5, 5.41) is 3.11. The molecule has 0 spiro atoms. The first-order chi connectivity index (χ1) is 17.6. The van der Waals surface area contributed by atoms with Crippen molar-refractivity contribution in [1.82, 2.24) is 19.9 Å². The Labute approximate surface area is 242 Å². The lowest BCUT2D eigenvalue weighted by molar-refractivity contribution is 0.628. The van der Waals surface area contributed by atoms with Crippen molar-refractivity contribution in [2.24, 2.45) is 0 Å². The first-order valence-corrected chi connectivity index (χ1v) is 11.3. The van der Waals surface area contributed by atoms with Crippen LogP contribution in [0.1, 0.15) is 7.43 Å². The lowest BCUT2D eigenvalue weighted by atomic mass is 10.3. The van der Waals surface area contributed by atoms with Crippen LogP contribution in [0, 0.1) is 24.8 Å². The van der Waals surface area contributed by atoms with E-state index in [2.05, 4.69) is 34.9 Å². The summed E-state index contributed by atoms with van der Waals surface area (Å²) in [4.78, 5) is 21.0. The molecule has 0 aliphatic heterocycles. The highest BCUT2D eigenvalue weighted by Crippen LogP contribution is 2.32. The van der Waals surface area contributed by atoms with Crippen LogP contribution in [0.3, 0.4) is 0 Å². The Morgan fingerprint density at radius 2 is 1.18 bits per heavy atom. The molecule has 0 saturated heterocycles. The maximum absolute atomic E-state index is 13.0. The van der Waals surface area contributed by atoms with Gasteiger partial charge >= 0.3 is 0 Å². The number of rotatable bonds is 2. The molecule has 0 unspecified atom stereocenters. The fraction of sp³-hybridized carbons (Fsp3) is 0.0435. The maximum atomic E-state index is 13.0. The summed E-state index contributed by atoms with van der Waals surface area (Å²) in [5.41, 5.74) is 6.45. The van der Waals surface area contributed by atoms with Gasteiger partial charge in [0, 0.05) is 11.4 Å². The van der Waals surface area contributed by atoms with Crippen molar-refractivity contribution in [3.05, 3.63) is 109 Å². The van der Waals surface area contributed by atoms with Gasteiger partial charge in [0.05, 0.1) is 23.2 Å². The second-order valence-electron chi connectivity index (χ2n) is 6.32.